The highest BCUT2D eigenvalue weighted by Crippen LogP contribution is 2.24. The summed E-state index contributed by atoms with van der Waals surface area (Å²) in [5, 5.41) is 2.40. The Morgan fingerprint density at radius 3 is 1.94 bits per heavy atom. The van der Waals surface area contributed by atoms with Gasteiger partial charge in [-0.05, 0) is 90.8 Å². The normalized spacial score (nSPS) is 11.5. The molecule has 4 aromatic carbocycles. The molecule has 0 unspecified atom stereocenters. The average Bonchev–Trinajstić information content (AvgIpc) is 2.84. The quantitative estimate of drug-likeness (QED) is 0.221. The third-order valence-corrected chi connectivity index (χ3v) is 6.51. The zero-order chi connectivity index (χ0) is 23.0. The topological polar surface area (TPSA) is 0 Å². The number of hydrogen-bond acceptors (Lipinski definition) is 0. The smallest absolute Gasteiger partial charge is 0.134 e. The minimum absolute atomic E-state index is 0.0958. The molecule has 0 aliphatic heterocycles. The Kier molecular flexibility index (Phi) is 7.96. The second-order valence-electron chi connectivity index (χ2n) is 8.64. The van der Waals surface area contributed by atoms with Crippen molar-refractivity contribution >= 4 is 22.4 Å². The lowest BCUT2D eigenvalue weighted by atomic mass is 9.97. The van der Waals surface area contributed by atoms with Gasteiger partial charge in [-0.15, -0.1) is 0 Å². The second kappa shape index (κ2) is 11.3. The highest BCUT2D eigenvalue weighted by Gasteiger charge is 2.09. The van der Waals surface area contributed by atoms with Crippen LogP contribution < -0.4 is 0 Å². The summed E-state index contributed by atoms with van der Waals surface area (Å²) in [6.07, 6.45) is 9.90. The van der Waals surface area contributed by atoms with E-state index in [1.54, 1.807) is 0 Å². The SMILES string of the molecule is C/C=C/CCc1ccc(CCc2ccc3c(F)c(CCc4ccc(Cl)cc4)ccc3c2)cc1. The fourth-order valence-corrected chi connectivity index (χ4v) is 4.37. The van der Waals surface area contributed by atoms with E-state index in [2.05, 4.69) is 61.5 Å². The van der Waals surface area contributed by atoms with Gasteiger partial charge in [-0.2, -0.15) is 0 Å². The number of benzene rings is 4. The molecule has 0 heterocycles. The van der Waals surface area contributed by atoms with Gasteiger partial charge in [-0.1, -0.05) is 90.5 Å². The van der Waals surface area contributed by atoms with Crippen molar-refractivity contribution in [2.45, 2.75) is 45.4 Å². The molecular weight excluding hydrogens is 427 g/mol. The number of rotatable bonds is 9. The van der Waals surface area contributed by atoms with Crippen LogP contribution in [0, 0.1) is 5.82 Å². The average molecular weight is 457 g/mol. The summed E-state index contributed by atoms with van der Waals surface area (Å²) in [4.78, 5) is 0. The maximum absolute atomic E-state index is 15.1. The van der Waals surface area contributed by atoms with Gasteiger partial charge in [0.2, 0.25) is 0 Å². The van der Waals surface area contributed by atoms with E-state index < -0.39 is 0 Å². The summed E-state index contributed by atoms with van der Waals surface area (Å²) in [5.74, 6) is -0.0958. The van der Waals surface area contributed by atoms with Gasteiger partial charge in [0.1, 0.15) is 5.82 Å². The molecular formula is C31H30ClF. The Morgan fingerprint density at radius 2 is 1.24 bits per heavy atom. The van der Waals surface area contributed by atoms with Crippen molar-refractivity contribution in [3.8, 4) is 0 Å². The molecule has 168 valence electrons. The van der Waals surface area contributed by atoms with Crippen LogP contribution in [0.25, 0.3) is 10.8 Å². The monoisotopic (exact) mass is 456 g/mol. The van der Waals surface area contributed by atoms with Crippen molar-refractivity contribution in [3.05, 3.63) is 130 Å². The van der Waals surface area contributed by atoms with Crippen molar-refractivity contribution in [3.63, 3.8) is 0 Å². The molecule has 0 saturated carbocycles. The second-order valence-corrected chi connectivity index (χ2v) is 9.08. The molecule has 0 amide bonds. The molecule has 2 heteroatoms. The maximum atomic E-state index is 15.1. The van der Waals surface area contributed by atoms with E-state index >= 15 is 4.39 Å². The zero-order valence-corrected chi connectivity index (χ0v) is 19.9. The minimum atomic E-state index is -0.0958. The number of aryl methyl sites for hydroxylation is 5. The lowest BCUT2D eigenvalue weighted by molar-refractivity contribution is 0.620. The van der Waals surface area contributed by atoms with Gasteiger partial charge in [0.25, 0.3) is 0 Å². The molecule has 0 spiro atoms. The van der Waals surface area contributed by atoms with E-state index in [0.29, 0.717) is 11.8 Å². The van der Waals surface area contributed by atoms with Crippen molar-refractivity contribution in [1.82, 2.24) is 0 Å². The van der Waals surface area contributed by atoms with Crippen LogP contribution in [0.4, 0.5) is 4.39 Å². The maximum Gasteiger partial charge on any atom is 0.134 e. The predicted molar refractivity (Wildman–Crippen MR) is 140 cm³/mol. The van der Waals surface area contributed by atoms with E-state index in [9.17, 15) is 0 Å². The third-order valence-electron chi connectivity index (χ3n) is 6.26. The van der Waals surface area contributed by atoms with E-state index in [0.717, 1.165) is 48.1 Å². The van der Waals surface area contributed by atoms with Crippen molar-refractivity contribution in [2.24, 2.45) is 0 Å². The van der Waals surface area contributed by atoms with Crippen LogP contribution in [0.15, 0.2) is 91.0 Å². The number of allylic oxidation sites excluding steroid dienone is 2. The summed E-state index contributed by atoms with van der Waals surface area (Å²) in [6.45, 7) is 2.06. The predicted octanol–water partition coefficient (Wildman–Crippen LogP) is 8.71. The first kappa shape index (κ1) is 23.3. The van der Waals surface area contributed by atoms with Crippen molar-refractivity contribution in [1.29, 1.82) is 0 Å². The molecule has 0 aliphatic carbocycles. The van der Waals surface area contributed by atoms with E-state index in [4.69, 9.17) is 11.6 Å². The Balaban J connectivity index is 1.38. The fraction of sp³-hybridized carbons (Fsp3) is 0.226. The van der Waals surface area contributed by atoms with Gasteiger partial charge in [-0.25, -0.2) is 4.39 Å². The molecule has 0 N–H and O–H groups in total. The largest absolute Gasteiger partial charge is 0.206 e. The van der Waals surface area contributed by atoms with Crippen LogP contribution in [-0.2, 0) is 32.1 Å². The van der Waals surface area contributed by atoms with Gasteiger partial charge in [0.05, 0.1) is 0 Å². The molecule has 0 fully saturated rings. The van der Waals surface area contributed by atoms with Crippen LogP contribution in [0.3, 0.4) is 0 Å². The first-order chi connectivity index (χ1) is 16.1. The summed E-state index contributed by atoms with van der Waals surface area (Å²) in [5.41, 5.74) is 5.89. The number of halogens is 2. The molecule has 4 aromatic rings. The molecule has 0 aromatic heterocycles. The van der Waals surface area contributed by atoms with Crippen molar-refractivity contribution < 1.29 is 4.39 Å². The number of fused-ring (bicyclic) bond motifs is 1. The minimum Gasteiger partial charge on any atom is -0.206 e. The zero-order valence-electron chi connectivity index (χ0n) is 19.2. The number of hydrogen-bond donors (Lipinski definition) is 0. The standard InChI is InChI=1S/C31H30ClF/c1-2-3-4-5-23-6-8-24(9-7-23)10-11-26-15-21-30-28(22-26)18-17-27(31(30)33)16-12-25-13-19-29(32)20-14-25/h2-3,6-9,13-15,17-22H,4-5,10-12,16H2,1H3/b3-2+. The van der Waals surface area contributed by atoms with Crippen LogP contribution >= 0.6 is 11.6 Å². The van der Waals surface area contributed by atoms with Gasteiger partial charge >= 0.3 is 0 Å². The van der Waals surface area contributed by atoms with E-state index in [1.807, 2.05) is 36.4 Å². The van der Waals surface area contributed by atoms with Crippen LogP contribution in [0.2, 0.25) is 5.02 Å². The van der Waals surface area contributed by atoms with Gasteiger partial charge in [0.15, 0.2) is 0 Å². The molecule has 33 heavy (non-hydrogen) atoms. The Bertz CT molecular complexity index is 1220. The van der Waals surface area contributed by atoms with Gasteiger partial charge in [-0.3, -0.25) is 0 Å². The first-order valence-corrected chi connectivity index (χ1v) is 12.1. The molecule has 0 radical (unpaired) electrons. The summed E-state index contributed by atoms with van der Waals surface area (Å²) < 4.78 is 15.1. The third kappa shape index (κ3) is 6.33. The Labute approximate surface area is 201 Å². The van der Waals surface area contributed by atoms with E-state index in [1.165, 1.54) is 22.3 Å². The Hall–Kier alpha value is -2.90. The van der Waals surface area contributed by atoms with Gasteiger partial charge in [0, 0.05) is 10.4 Å². The summed E-state index contributed by atoms with van der Waals surface area (Å²) >= 11 is 5.95. The lowest BCUT2D eigenvalue weighted by Crippen LogP contribution is -1.97. The summed E-state index contributed by atoms with van der Waals surface area (Å²) in [7, 11) is 0. The first-order valence-electron chi connectivity index (χ1n) is 11.8. The fourth-order valence-electron chi connectivity index (χ4n) is 4.24. The highest BCUT2D eigenvalue weighted by atomic mass is 35.5. The Morgan fingerprint density at radius 1 is 0.667 bits per heavy atom. The molecule has 0 aliphatic rings. The van der Waals surface area contributed by atoms with Crippen LogP contribution in [-0.4, -0.2) is 0 Å². The summed E-state index contributed by atoms with van der Waals surface area (Å²) in [6, 6.07) is 26.8. The molecule has 0 atom stereocenters. The van der Waals surface area contributed by atoms with Crippen LogP contribution in [0.1, 0.15) is 41.2 Å². The highest BCUT2D eigenvalue weighted by molar-refractivity contribution is 6.30. The lowest BCUT2D eigenvalue weighted by Gasteiger charge is -2.09. The molecule has 0 saturated heterocycles. The van der Waals surface area contributed by atoms with E-state index in [-0.39, 0.29) is 5.82 Å². The van der Waals surface area contributed by atoms with Crippen molar-refractivity contribution in [2.75, 3.05) is 0 Å². The molecule has 0 bridgehead atoms. The van der Waals surface area contributed by atoms with Crippen LogP contribution in [0.5, 0.6) is 0 Å². The molecule has 4 rings (SSSR count). The molecule has 0 nitrogen and oxygen atoms in total. The van der Waals surface area contributed by atoms with Gasteiger partial charge < -0.3 is 0 Å².